The van der Waals surface area contributed by atoms with Gasteiger partial charge >= 0.3 is 0 Å². The van der Waals surface area contributed by atoms with Gasteiger partial charge < -0.3 is 0 Å². The fourth-order valence-corrected chi connectivity index (χ4v) is 0. The monoisotopic (exact) mass is 105 g/mol. The summed E-state index contributed by atoms with van der Waals surface area (Å²) in [5.41, 5.74) is 4.64. The lowest BCUT2D eigenvalue weighted by atomic mass is 10.8. The fraction of sp³-hybridized carbons (Fsp3) is 0. The molecular formula is C7H7N. The molecule has 8 heavy (non-hydrogen) atoms. The lowest BCUT2D eigenvalue weighted by Crippen LogP contribution is -1.23. The Morgan fingerprint density at radius 3 is 1.50 bits per heavy atom. The molecule has 0 aromatic heterocycles. The van der Waals surface area contributed by atoms with Crippen LogP contribution >= 0.6 is 0 Å². The molecule has 0 aliphatic carbocycles. The molecule has 0 saturated heterocycles. The van der Waals surface area contributed by atoms with Crippen molar-refractivity contribution in [1.82, 2.24) is 0 Å². The molecule has 0 radical (unpaired) electrons. The minimum absolute atomic E-state index is 1.18. The average Bonchev–Trinajstić information content (AvgIpc) is 1.88. The second kappa shape index (κ2) is 17.7. The summed E-state index contributed by atoms with van der Waals surface area (Å²) >= 11 is 0. The minimum atomic E-state index is 1.18. The molecule has 0 aliphatic rings. The molecule has 0 spiro atoms. The van der Waals surface area contributed by atoms with Crippen molar-refractivity contribution in [2.75, 3.05) is 0 Å². The van der Waals surface area contributed by atoms with E-state index >= 15 is 0 Å². The first-order valence-corrected chi connectivity index (χ1v) is 1.88. The molecule has 0 unspecified atom stereocenters. The molecule has 0 aliphatic heterocycles. The second-order valence-corrected chi connectivity index (χ2v) is 0.687. The van der Waals surface area contributed by atoms with Crippen LogP contribution in [0.15, 0.2) is 37.3 Å². The summed E-state index contributed by atoms with van der Waals surface area (Å²) in [5.74, 6) is 0. The Kier molecular flexibility index (Phi) is 21.6. The Morgan fingerprint density at radius 1 is 1.25 bits per heavy atom. The SMILES string of the molecule is C=C=C=C.C=CC#N. The zero-order valence-electron chi connectivity index (χ0n) is 4.65. The third kappa shape index (κ3) is 201. The van der Waals surface area contributed by atoms with E-state index in [-0.39, 0.29) is 0 Å². The summed E-state index contributed by atoms with van der Waals surface area (Å²) in [4.78, 5) is 0. The first-order chi connectivity index (χ1) is 3.83. The van der Waals surface area contributed by atoms with Gasteiger partial charge in [0.15, 0.2) is 0 Å². The van der Waals surface area contributed by atoms with E-state index < -0.39 is 0 Å². The maximum atomic E-state index is 7.51. The van der Waals surface area contributed by atoms with Gasteiger partial charge in [0.1, 0.15) is 0 Å². The molecule has 0 atom stereocenters. The largest absolute Gasteiger partial charge is 0.193 e. The van der Waals surface area contributed by atoms with E-state index in [4.69, 9.17) is 5.26 Å². The Labute approximate surface area is 49.6 Å². The summed E-state index contributed by atoms with van der Waals surface area (Å²) < 4.78 is 0. The molecule has 0 amide bonds. The smallest absolute Gasteiger partial charge is 0.0905 e. The highest BCUT2D eigenvalue weighted by atomic mass is 14.2. The molecule has 0 aromatic carbocycles. The molecule has 0 aromatic rings. The van der Waals surface area contributed by atoms with E-state index in [1.807, 2.05) is 0 Å². The first kappa shape index (κ1) is 9.73. The molecule has 1 nitrogen and oxygen atoms in total. The summed E-state index contributed by atoms with van der Waals surface area (Å²) in [7, 11) is 0. The van der Waals surface area contributed by atoms with Crippen LogP contribution in [0.5, 0.6) is 0 Å². The minimum Gasteiger partial charge on any atom is -0.193 e. The molecule has 0 heterocycles. The second-order valence-electron chi connectivity index (χ2n) is 0.687. The highest BCUT2D eigenvalue weighted by molar-refractivity contribution is 4.93. The third-order valence-electron chi connectivity index (χ3n) is 0.216. The van der Waals surface area contributed by atoms with Crippen LogP contribution in [0.25, 0.3) is 0 Å². The van der Waals surface area contributed by atoms with Crippen LogP contribution in [0.2, 0.25) is 0 Å². The van der Waals surface area contributed by atoms with Gasteiger partial charge in [-0.2, -0.15) is 5.26 Å². The number of nitrogens with zero attached hydrogens (tertiary/aromatic N) is 1. The van der Waals surface area contributed by atoms with Gasteiger partial charge in [-0.25, -0.2) is 0 Å². The van der Waals surface area contributed by atoms with Crippen LogP contribution in [0.4, 0.5) is 0 Å². The molecule has 40 valence electrons. The Bertz CT molecular complexity index is 140. The molecule has 0 saturated carbocycles. The molecule has 0 rings (SSSR count). The van der Waals surface area contributed by atoms with Gasteiger partial charge in [0.05, 0.1) is 6.07 Å². The van der Waals surface area contributed by atoms with E-state index in [1.54, 1.807) is 6.07 Å². The molecule has 0 N–H and O–H groups in total. The van der Waals surface area contributed by atoms with Crippen molar-refractivity contribution >= 4 is 0 Å². The molecular weight excluding hydrogens is 98.1 g/mol. The van der Waals surface area contributed by atoms with Crippen molar-refractivity contribution in [3.8, 4) is 6.07 Å². The van der Waals surface area contributed by atoms with Gasteiger partial charge in [0, 0.05) is 6.08 Å². The quantitative estimate of drug-likeness (QED) is 0.340. The normalized spacial score (nSPS) is 3.38. The van der Waals surface area contributed by atoms with Crippen LogP contribution in [-0.2, 0) is 0 Å². The summed E-state index contributed by atoms with van der Waals surface area (Å²) in [6, 6.07) is 1.69. The van der Waals surface area contributed by atoms with E-state index in [0.717, 1.165) is 0 Å². The van der Waals surface area contributed by atoms with Crippen molar-refractivity contribution in [2.24, 2.45) is 0 Å². The van der Waals surface area contributed by atoms with Crippen LogP contribution in [0, 0.1) is 11.3 Å². The van der Waals surface area contributed by atoms with Gasteiger partial charge in [0.2, 0.25) is 0 Å². The summed E-state index contributed by atoms with van der Waals surface area (Å²) in [6.45, 7) is 9.48. The lowest BCUT2D eigenvalue weighted by Gasteiger charge is -1.31. The predicted molar refractivity (Wildman–Crippen MR) is 34.1 cm³/mol. The lowest BCUT2D eigenvalue weighted by molar-refractivity contribution is 1.54. The van der Waals surface area contributed by atoms with E-state index in [2.05, 4.69) is 31.2 Å². The molecule has 1 heteroatoms. The Balaban J connectivity index is 0. The fourth-order valence-electron chi connectivity index (χ4n) is 0. The van der Waals surface area contributed by atoms with E-state index in [9.17, 15) is 0 Å². The number of rotatable bonds is 0. The third-order valence-corrected chi connectivity index (χ3v) is 0.216. The molecule has 0 fully saturated rings. The van der Waals surface area contributed by atoms with Crippen LogP contribution in [0.3, 0.4) is 0 Å². The average molecular weight is 105 g/mol. The Hall–Kier alpha value is -1.47. The van der Waals surface area contributed by atoms with Crippen molar-refractivity contribution < 1.29 is 0 Å². The van der Waals surface area contributed by atoms with Crippen LogP contribution < -0.4 is 0 Å². The van der Waals surface area contributed by atoms with Crippen molar-refractivity contribution in [1.29, 1.82) is 5.26 Å². The zero-order chi connectivity index (χ0) is 6.83. The standard InChI is InChI=1S/C4H4.C3H3N/c1-3-4-2;1-2-3-4/h1-2H2;2H,1H2. The van der Waals surface area contributed by atoms with Crippen molar-refractivity contribution in [3.63, 3.8) is 0 Å². The van der Waals surface area contributed by atoms with Gasteiger partial charge in [-0.15, -0.1) is 0 Å². The Morgan fingerprint density at radius 2 is 1.50 bits per heavy atom. The van der Waals surface area contributed by atoms with Gasteiger partial charge in [-0.3, -0.25) is 0 Å². The maximum absolute atomic E-state index is 7.51. The number of allylic oxidation sites excluding steroid dienone is 1. The van der Waals surface area contributed by atoms with Gasteiger partial charge in [0.25, 0.3) is 0 Å². The van der Waals surface area contributed by atoms with Gasteiger partial charge in [-0.1, -0.05) is 18.0 Å². The highest BCUT2D eigenvalue weighted by Gasteiger charge is 1.34. The summed E-state index contributed by atoms with van der Waals surface area (Å²) in [6.07, 6.45) is 1.18. The van der Waals surface area contributed by atoms with Crippen LogP contribution in [0.1, 0.15) is 0 Å². The highest BCUT2D eigenvalue weighted by Crippen LogP contribution is 1.41. The molecule has 0 bridgehead atoms. The first-order valence-electron chi connectivity index (χ1n) is 1.88. The predicted octanol–water partition coefficient (Wildman–Crippen LogP) is 1.81. The van der Waals surface area contributed by atoms with E-state index in [1.165, 1.54) is 6.08 Å². The maximum Gasteiger partial charge on any atom is 0.0905 e. The van der Waals surface area contributed by atoms with E-state index in [0.29, 0.717) is 0 Å². The number of nitriles is 1. The van der Waals surface area contributed by atoms with Crippen molar-refractivity contribution in [3.05, 3.63) is 37.3 Å². The van der Waals surface area contributed by atoms with Crippen molar-refractivity contribution in [2.45, 2.75) is 0 Å². The number of hydrogen-bond acceptors (Lipinski definition) is 1. The topological polar surface area (TPSA) is 23.8 Å². The number of hydrogen-bond donors (Lipinski definition) is 0. The zero-order valence-corrected chi connectivity index (χ0v) is 4.65. The summed E-state index contributed by atoms with van der Waals surface area (Å²) in [5, 5.41) is 7.51. The van der Waals surface area contributed by atoms with Crippen LogP contribution in [-0.4, -0.2) is 0 Å². The van der Waals surface area contributed by atoms with Gasteiger partial charge in [-0.05, 0) is 13.2 Å².